The van der Waals surface area contributed by atoms with E-state index < -0.39 is 78.0 Å². The van der Waals surface area contributed by atoms with Crippen molar-refractivity contribution in [3.63, 3.8) is 0 Å². The molecule has 0 aromatic carbocycles. The highest BCUT2D eigenvalue weighted by Crippen LogP contribution is 2.31. The van der Waals surface area contributed by atoms with Gasteiger partial charge in [0.25, 0.3) is 5.91 Å². The third-order valence-corrected chi connectivity index (χ3v) is 8.58. The Hall–Kier alpha value is -3.71. The first kappa shape index (κ1) is 44.3. The molecule has 6 amide bonds. The maximum atomic E-state index is 13.8. The van der Waals surface area contributed by atoms with Crippen LogP contribution in [-0.4, -0.2) is 97.2 Å². The van der Waals surface area contributed by atoms with Crippen molar-refractivity contribution in [2.75, 3.05) is 26.7 Å². The lowest BCUT2D eigenvalue weighted by Gasteiger charge is -2.36. The Balaban J connectivity index is 0.00000121. The molecule has 2 saturated carbocycles. The van der Waals surface area contributed by atoms with Crippen LogP contribution in [0.25, 0.3) is 0 Å². The summed E-state index contributed by atoms with van der Waals surface area (Å²) in [6.07, 6.45) is 13.1. The Morgan fingerprint density at radius 3 is 1.86 bits per heavy atom. The maximum absolute atomic E-state index is 13.8. The van der Waals surface area contributed by atoms with Crippen molar-refractivity contribution < 1.29 is 38.3 Å². The fourth-order valence-electron chi connectivity index (χ4n) is 5.69. The second kappa shape index (κ2) is 22.9. The topological polar surface area (TPSA) is 192 Å². The van der Waals surface area contributed by atoms with Gasteiger partial charge in [-0.2, -0.15) is 0 Å². The van der Waals surface area contributed by atoms with Crippen LogP contribution >= 0.6 is 0 Å². The molecule has 0 radical (unpaired) electrons. The third kappa shape index (κ3) is 16.3. The number of ketones is 1. The SMILES string of the molecule is C1CCCCC1.CCC.CCC[C@H]1CCN(C(=O)C(NC(=O)CNC(=O)[C@@H](C)NC(=O)OC)C(C)(C)C)C1C(=O)NCC(=O)C(=O)NC1CC1. The smallest absolute Gasteiger partial charge is 0.407 e. The molecule has 3 aliphatic rings. The number of nitrogens with one attached hydrogen (secondary N) is 5. The molecule has 50 heavy (non-hydrogen) atoms. The lowest BCUT2D eigenvalue weighted by Crippen LogP contribution is -2.59. The highest BCUT2D eigenvalue weighted by molar-refractivity contribution is 6.37. The van der Waals surface area contributed by atoms with E-state index >= 15 is 0 Å². The molecule has 14 nitrogen and oxygen atoms in total. The highest BCUT2D eigenvalue weighted by Gasteiger charge is 2.46. The Kier molecular flexibility index (Phi) is 20.3. The summed E-state index contributed by atoms with van der Waals surface area (Å²) in [5.41, 5.74) is -0.753. The molecule has 1 heterocycles. The quantitative estimate of drug-likeness (QED) is 0.180. The summed E-state index contributed by atoms with van der Waals surface area (Å²) in [6.45, 7) is 12.3. The van der Waals surface area contributed by atoms with Crippen molar-refractivity contribution in [3.8, 4) is 0 Å². The second-order valence-electron chi connectivity index (χ2n) is 14.5. The van der Waals surface area contributed by atoms with Gasteiger partial charge in [-0.25, -0.2) is 4.79 Å². The Labute approximate surface area is 298 Å². The molecule has 0 aromatic rings. The summed E-state index contributed by atoms with van der Waals surface area (Å²) < 4.78 is 4.45. The summed E-state index contributed by atoms with van der Waals surface area (Å²) in [5, 5.41) is 12.5. The molecule has 4 atom stereocenters. The van der Waals surface area contributed by atoms with Gasteiger partial charge < -0.3 is 36.2 Å². The van der Waals surface area contributed by atoms with Gasteiger partial charge in [0, 0.05) is 12.6 Å². The van der Waals surface area contributed by atoms with Gasteiger partial charge in [-0.15, -0.1) is 0 Å². The van der Waals surface area contributed by atoms with Crippen molar-refractivity contribution >= 4 is 41.4 Å². The number of carbonyl (C=O) groups excluding carboxylic acids is 7. The van der Waals surface area contributed by atoms with Crippen LogP contribution in [0.4, 0.5) is 4.79 Å². The molecule has 3 fully saturated rings. The molecule has 0 spiro atoms. The Morgan fingerprint density at radius 2 is 1.38 bits per heavy atom. The first-order valence-electron chi connectivity index (χ1n) is 18.4. The molecular weight excluding hydrogens is 644 g/mol. The number of ether oxygens (including phenoxy) is 1. The Morgan fingerprint density at radius 1 is 0.820 bits per heavy atom. The average Bonchev–Trinajstić information content (AvgIpc) is 3.80. The van der Waals surface area contributed by atoms with Gasteiger partial charge in [0.2, 0.25) is 29.4 Å². The van der Waals surface area contributed by atoms with Crippen LogP contribution in [-0.2, 0) is 33.5 Å². The number of carbonyl (C=O) groups is 7. The van der Waals surface area contributed by atoms with Crippen LogP contribution in [0.2, 0.25) is 0 Å². The van der Waals surface area contributed by atoms with Gasteiger partial charge >= 0.3 is 6.09 Å². The summed E-state index contributed by atoms with van der Waals surface area (Å²) in [4.78, 5) is 89.0. The zero-order chi connectivity index (χ0) is 37.9. The monoisotopic (exact) mass is 708 g/mol. The van der Waals surface area contributed by atoms with Crippen molar-refractivity contribution in [2.24, 2.45) is 11.3 Å². The summed E-state index contributed by atoms with van der Waals surface area (Å²) in [5.74, 6) is -3.90. The average molecular weight is 709 g/mol. The summed E-state index contributed by atoms with van der Waals surface area (Å²) >= 11 is 0. The lowest BCUT2D eigenvalue weighted by molar-refractivity contribution is -0.145. The summed E-state index contributed by atoms with van der Waals surface area (Å²) in [7, 11) is 1.16. The minimum Gasteiger partial charge on any atom is -0.453 e. The van der Waals surface area contributed by atoms with Crippen LogP contribution in [0.5, 0.6) is 0 Å². The number of hydrogen-bond donors (Lipinski definition) is 5. The van der Waals surface area contributed by atoms with Crippen molar-refractivity contribution in [3.05, 3.63) is 0 Å². The fourth-order valence-corrected chi connectivity index (χ4v) is 5.69. The molecule has 0 bridgehead atoms. The van der Waals surface area contributed by atoms with Crippen LogP contribution in [0.1, 0.15) is 126 Å². The molecule has 1 aliphatic heterocycles. The number of methoxy groups -OCH3 is 1. The number of rotatable bonds is 13. The van der Waals surface area contributed by atoms with Gasteiger partial charge in [-0.1, -0.05) is 92.9 Å². The molecule has 5 N–H and O–H groups in total. The number of likely N-dealkylation sites (tertiary alicyclic amines) is 1. The molecule has 0 aromatic heterocycles. The summed E-state index contributed by atoms with van der Waals surface area (Å²) in [6, 6.07) is -2.84. The van der Waals surface area contributed by atoms with E-state index in [4.69, 9.17) is 0 Å². The largest absolute Gasteiger partial charge is 0.453 e. The van der Waals surface area contributed by atoms with Gasteiger partial charge in [-0.05, 0) is 43.9 Å². The molecule has 286 valence electrons. The lowest BCUT2D eigenvalue weighted by atomic mass is 9.85. The van der Waals surface area contributed by atoms with E-state index in [2.05, 4.69) is 45.2 Å². The number of Topliss-reactive ketones (excluding diaryl/α,β-unsaturated/α-hetero) is 1. The molecule has 14 heteroatoms. The van der Waals surface area contributed by atoms with Crippen LogP contribution in [0.3, 0.4) is 0 Å². The van der Waals surface area contributed by atoms with E-state index in [1.807, 2.05) is 6.92 Å². The van der Waals surface area contributed by atoms with Gasteiger partial charge in [0.1, 0.15) is 18.1 Å². The van der Waals surface area contributed by atoms with E-state index in [-0.39, 0.29) is 18.5 Å². The van der Waals surface area contributed by atoms with Crippen molar-refractivity contribution in [1.82, 2.24) is 31.5 Å². The number of amides is 6. The third-order valence-electron chi connectivity index (χ3n) is 8.58. The number of hydrogen-bond acceptors (Lipinski definition) is 8. The van der Waals surface area contributed by atoms with Crippen LogP contribution in [0.15, 0.2) is 0 Å². The van der Waals surface area contributed by atoms with Gasteiger partial charge in [0.15, 0.2) is 0 Å². The first-order valence-corrected chi connectivity index (χ1v) is 18.4. The van der Waals surface area contributed by atoms with Gasteiger partial charge in [0.05, 0.1) is 20.2 Å². The van der Waals surface area contributed by atoms with Crippen LogP contribution in [0, 0.1) is 11.3 Å². The zero-order valence-corrected chi connectivity index (χ0v) is 31.7. The zero-order valence-electron chi connectivity index (χ0n) is 31.7. The van der Waals surface area contributed by atoms with Crippen molar-refractivity contribution in [2.45, 2.75) is 150 Å². The van der Waals surface area contributed by atoms with E-state index in [1.54, 1.807) is 20.8 Å². The van der Waals surface area contributed by atoms with E-state index in [1.165, 1.54) is 56.8 Å². The Bertz CT molecular complexity index is 1120. The second-order valence-corrected chi connectivity index (χ2v) is 14.5. The van der Waals surface area contributed by atoms with Gasteiger partial charge in [-0.3, -0.25) is 28.8 Å². The van der Waals surface area contributed by atoms with Crippen LogP contribution < -0.4 is 26.6 Å². The van der Waals surface area contributed by atoms with E-state index in [0.29, 0.717) is 12.8 Å². The fraction of sp³-hybridized carbons (Fsp3) is 0.806. The van der Waals surface area contributed by atoms with E-state index in [9.17, 15) is 33.6 Å². The molecule has 1 saturated heterocycles. The van der Waals surface area contributed by atoms with Crippen molar-refractivity contribution in [1.29, 1.82) is 0 Å². The minimum atomic E-state index is -1.03. The predicted molar refractivity (Wildman–Crippen MR) is 191 cm³/mol. The molecule has 2 unspecified atom stereocenters. The maximum Gasteiger partial charge on any atom is 0.407 e. The standard InChI is InChI=1S/C27H44N6O8.C6H12.C3H8/c1-7-8-16-11-12-33(20(16)24(38)28-13-18(34)23(37)31-17-9-10-17)25(39)21(27(3,4)5)32-19(35)14-29-22(36)15(2)30-26(40)41-6;1-2-4-6-5-3-1;1-3-2/h15-17,20-21H,7-14H2,1-6H3,(H,28,38)(H,29,36)(H,30,40)(H,31,37)(H,32,35);1-6H2;3H2,1-2H3/t15-,16+,20?,21?;;/m1../s1. The molecule has 2 aliphatic carbocycles. The predicted octanol–water partition coefficient (Wildman–Crippen LogP) is 3.12. The van der Waals surface area contributed by atoms with E-state index in [0.717, 1.165) is 26.4 Å². The number of nitrogens with zero attached hydrogens (tertiary/aromatic N) is 1. The molecular formula is C36H64N6O8. The number of alkyl carbamates (subject to hydrolysis) is 1. The molecule has 3 rings (SSSR count). The normalized spacial score (nSPS) is 19.5. The first-order chi connectivity index (χ1) is 23.6. The minimum absolute atomic E-state index is 0.0109. The highest BCUT2D eigenvalue weighted by atomic mass is 16.5.